The zero-order valence-corrected chi connectivity index (χ0v) is 14.9. The second-order valence-corrected chi connectivity index (χ2v) is 6.60. The lowest BCUT2D eigenvalue weighted by Gasteiger charge is -2.21. The first-order valence-electron chi connectivity index (χ1n) is 9.02. The molecule has 0 aliphatic carbocycles. The van der Waals surface area contributed by atoms with E-state index in [0.717, 1.165) is 12.8 Å². The van der Waals surface area contributed by atoms with Crippen LogP contribution in [0.25, 0.3) is 11.4 Å². The highest BCUT2D eigenvalue weighted by molar-refractivity contribution is 5.56. The summed E-state index contributed by atoms with van der Waals surface area (Å²) in [4.78, 5) is 30.4. The van der Waals surface area contributed by atoms with Crippen LogP contribution in [0, 0.1) is 5.82 Å². The van der Waals surface area contributed by atoms with Crippen molar-refractivity contribution in [1.82, 2.24) is 19.3 Å². The molecule has 0 unspecified atom stereocenters. The molecule has 8 heteroatoms. The van der Waals surface area contributed by atoms with E-state index in [-0.39, 0.29) is 23.9 Å². The molecule has 0 amide bonds. The van der Waals surface area contributed by atoms with Crippen molar-refractivity contribution in [3.8, 4) is 11.4 Å². The summed E-state index contributed by atoms with van der Waals surface area (Å²) in [6.45, 7) is 2.49. The molecular weight excluding hydrogens is 351 g/mol. The van der Waals surface area contributed by atoms with Gasteiger partial charge in [0.2, 0.25) is 11.7 Å². The predicted octanol–water partition coefficient (Wildman–Crippen LogP) is 2.15. The van der Waals surface area contributed by atoms with Crippen LogP contribution in [-0.4, -0.2) is 19.3 Å². The Labute approximate surface area is 154 Å². The van der Waals surface area contributed by atoms with Crippen molar-refractivity contribution in [2.75, 3.05) is 0 Å². The van der Waals surface area contributed by atoms with Gasteiger partial charge in [0.25, 0.3) is 5.56 Å². The van der Waals surface area contributed by atoms with Gasteiger partial charge in [-0.1, -0.05) is 24.2 Å². The highest BCUT2D eigenvalue weighted by Gasteiger charge is 2.25. The van der Waals surface area contributed by atoms with Crippen molar-refractivity contribution in [3.63, 3.8) is 0 Å². The number of rotatable bonds is 4. The quantitative estimate of drug-likeness (QED) is 0.703. The van der Waals surface area contributed by atoms with Crippen LogP contribution in [0.15, 0.2) is 38.4 Å². The molecule has 1 aromatic carbocycles. The largest absolute Gasteiger partial charge is 0.339 e. The van der Waals surface area contributed by atoms with E-state index in [1.807, 2.05) is 6.92 Å². The van der Waals surface area contributed by atoms with Crippen LogP contribution in [0.3, 0.4) is 0 Å². The van der Waals surface area contributed by atoms with Crippen LogP contribution in [0.4, 0.5) is 4.39 Å². The van der Waals surface area contributed by atoms with Crippen molar-refractivity contribution >= 4 is 0 Å². The molecule has 0 N–H and O–H groups in total. The molecule has 0 spiro atoms. The molecule has 1 aliphatic heterocycles. The molecule has 3 aromatic rings. The predicted molar refractivity (Wildman–Crippen MR) is 96.1 cm³/mol. The van der Waals surface area contributed by atoms with Crippen molar-refractivity contribution in [2.45, 2.75) is 45.7 Å². The van der Waals surface area contributed by atoms with Gasteiger partial charge in [-0.2, -0.15) is 4.98 Å². The third-order valence-electron chi connectivity index (χ3n) is 4.83. The molecule has 0 radical (unpaired) electrons. The maximum absolute atomic E-state index is 13.2. The number of benzene rings is 1. The van der Waals surface area contributed by atoms with Crippen LogP contribution in [0.2, 0.25) is 0 Å². The SMILES string of the molecule is CCc1nc(-c2c3n(c(=O)n(Cc4ccc(F)cc4)c2=O)CCCC3)no1. The lowest BCUT2D eigenvalue weighted by atomic mass is 10.0. The maximum atomic E-state index is 13.2. The number of nitrogens with zero attached hydrogens (tertiary/aromatic N) is 4. The Hall–Kier alpha value is -3.03. The number of fused-ring (bicyclic) bond motifs is 1. The van der Waals surface area contributed by atoms with Gasteiger partial charge in [0, 0.05) is 18.7 Å². The minimum atomic E-state index is -0.444. The van der Waals surface area contributed by atoms with Crippen LogP contribution >= 0.6 is 0 Å². The average Bonchev–Trinajstić information content (AvgIpc) is 3.15. The molecule has 0 fully saturated rings. The normalized spacial score (nSPS) is 13.6. The van der Waals surface area contributed by atoms with E-state index in [4.69, 9.17) is 4.52 Å². The van der Waals surface area contributed by atoms with Crippen LogP contribution in [0.5, 0.6) is 0 Å². The molecule has 0 atom stereocenters. The lowest BCUT2D eigenvalue weighted by Crippen LogP contribution is -2.44. The monoisotopic (exact) mass is 370 g/mol. The highest BCUT2D eigenvalue weighted by atomic mass is 19.1. The van der Waals surface area contributed by atoms with Gasteiger partial charge in [0.15, 0.2) is 0 Å². The van der Waals surface area contributed by atoms with E-state index in [2.05, 4.69) is 10.1 Å². The van der Waals surface area contributed by atoms with Gasteiger partial charge >= 0.3 is 5.69 Å². The summed E-state index contributed by atoms with van der Waals surface area (Å²) < 4.78 is 21.1. The van der Waals surface area contributed by atoms with E-state index in [1.54, 1.807) is 16.7 Å². The Morgan fingerprint density at radius 1 is 1.19 bits per heavy atom. The first kappa shape index (κ1) is 17.4. The summed E-state index contributed by atoms with van der Waals surface area (Å²) in [5.74, 6) is 0.290. The molecular formula is C19H19FN4O3. The minimum absolute atomic E-state index is 0.0592. The van der Waals surface area contributed by atoms with Gasteiger partial charge in [0.05, 0.1) is 6.54 Å². The number of halogens is 1. The van der Waals surface area contributed by atoms with Crippen LogP contribution < -0.4 is 11.2 Å². The summed E-state index contributed by atoms with van der Waals surface area (Å²) >= 11 is 0. The summed E-state index contributed by atoms with van der Waals surface area (Å²) in [6, 6.07) is 5.75. The van der Waals surface area contributed by atoms with E-state index < -0.39 is 5.56 Å². The number of aryl methyl sites for hydroxylation is 1. The average molecular weight is 370 g/mol. The van der Waals surface area contributed by atoms with Gasteiger partial charge < -0.3 is 4.52 Å². The Morgan fingerprint density at radius 3 is 2.67 bits per heavy atom. The second kappa shape index (κ2) is 6.94. The van der Waals surface area contributed by atoms with Gasteiger partial charge in [0.1, 0.15) is 11.4 Å². The van der Waals surface area contributed by atoms with Gasteiger partial charge in [-0.3, -0.25) is 13.9 Å². The molecule has 1 aliphatic rings. The molecule has 0 saturated carbocycles. The molecule has 2 aromatic heterocycles. The summed E-state index contributed by atoms with van der Waals surface area (Å²) in [7, 11) is 0. The first-order valence-corrected chi connectivity index (χ1v) is 9.02. The fourth-order valence-electron chi connectivity index (χ4n) is 3.43. The van der Waals surface area contributed by atoms with E-state index >= 15 is 0 Å². The molecule has 3 heterocycles. The van der Waals surface area contributed by atoms with Gasteiger partial charge in [-0.15, -0.1) is 0 Å². The van der Waals surface area contributed by atoms with E-state index in [0.29, 0.717) is 42.1 Å². The topological polar surface area (TPSA) is 82.9 Å². The standard InChI is InChI=1S/C19H19FN4O3/c1-2-15-21-17(22-27-15)16-14-5-3-4-10-23(14)19(26)24(18(16)25)11-12-6-8-13(20)9-7-12/h6-9H,2-5,10-11H2,1H3. The van der Waals surface area contributed by atoms with Crippen molar-refractivity contribution in [1.29, 1.82) is 0 Å². The van der Waals surface area contributed by atoms with Crippen LogP contribution in [0.1, 0.15) is 36.9 Å². The maximum Gasteiger partial charge on any atom is 0.331 e. The zero-order valence-electron chi connectivity index (χ0n) is 14.9. The molecule has 0 bridgehead atoms. The molecule has 0 saturated heterocycles. The highest BCUT2D eigenvalue weighted by Crippen LogP contribution is 2.22. The van der Waals surface area contributed by atoms with Crippen molar-refractivity contribution in [3.05, 3.63) is 68.1 Å². The van der Waals surface area contributed by atoms with E-state index in [9.17, 15) is 14.0 Å². The smallest absolute Gasteiger partial charge is 0.331 e. The molecule has 140 valence electrons. The summed E-state index contributed by atoms with van der Waals surface area (Å²) in [6.07, 6.45) is 2.94. The van der Waals surface area contributed by atoms with Crippen molar-refractivity contribution < 1.29 is 8.91 Å². The van der Waals surface area contributed by atoms with Crippen molar-refractivity contribution in [2.24, 2.45) is 0 Å². The third kappa shape index (κ3) is 3.11. The lowest BCUT2D eigenvalue weighted by molar-refractivity contribution is 0.382. The number of aromatic nitrogens is 4. The number of hydrogen-bond donors (Lipinski definition) is 0. The molecule has 27 heavy (non-hydrogen) atoms. The Morgan fingerprint density at radius 2 is 1.96 bits per heavy atom. The summed E-state index contributed by atoms with van der Waals surface area (Å²) in [5.41, 5.74) is 0.845. The van der Waals surface area contributed by atoms with Crippen LogP contribution in [-0.2, 0) is 25.9 Å². The Kier molecular flexibility index (Phi) is 4.47. The second-order valence-electron chi connectivity index (χ2n) is 6.60. The number of hydrogen-bond acceptors (Lipinski definition) is 5. The van der Waals surface area contributed by atoms with E-state index in [1.165, 1.54) is 16.7 Å². The van der Waals surface area contributed by atoms with Gasteiger partial charge in [-0.05, 0) is 37.0 Å². The fraction of sp³-hybridized carbons (Fsp3) is 0.368. The third-order valence-corrected chi connectivity index (χ3v) is 4.83. The minimum Gasteiger partial charge on any atom is -0.339 e. The zero-order chi connectivity index (χ0) is 19.0. The summed E-state index contributed by atoms with van der Waals surface area (Å²) in [5, 5.41) is 3.95. The van der Waals surface area contributed by atoms with Gasteiger partial charge in [-0.25, -0.2) is 9.18 Å². The first-order chi connectivity index (χ1) is 13.1. The molecule has 4 rings (SSSR count). The Bertz CT molecular complexity index is 1100. The fourth-order valence-corrected chi connectivity index (χ4v) is 3.43. The Balaban J connectivity index is 1.91. The molecule has 7 nitrogen and oxygen atoms in total.